The second kappa shape index (κ2) is 8.71. The quantitative estimate of drug-likeness (QED) is 0.691. The molecule has 0 aromatic heterocycles. The molecule has 4 nitrogen and oxygen atoms in total. The molecule has 136 valence electrons. The van der Waals surface area contributed by atoms with E-state index in [4.69, 9.17) is 34.8 Å². The van der Waals surface area contributed by atoms with Crippen LogP contribution in [0.3, 0.4) is 0 Å². The lowest BCUT2D eigenvalue weighted by atomic mass is 10.2. The number of aliphatic hydroxyl groups is 1. The fourth-order valence-electron chi connectivity index (χ4n) is 2.23. The molecule has 8 heteroatoms. The van der Waals surface area contributed by atoms with Crippen molar-refractivity contribution in [1.29, 1.82) is 0 Å². The van der Waals surface area contributed by atoms with Crippen molar-refractivity contribution in [2.45, 2.75) is 23.0 Å². The van der Waals surface area contributed by atoms with Crippen LogP contribution in [0, 0.1) is 0 Å². The monoisotopic (exact) mass is 421 g/mol. The van der Waals surface area contributed by atoms with Crippen LogP contribution in [0.2, 0.25) is 0 Å². The molecule has 0 heterocycles. The molecule has 1 unspecified atom stereocenters. The van der Waals surface area contributed by atoms with E-state index in [1.807, 2.05) is 60.7 Å². The number of aliphatic hydroxyl groups excluding tert-OH is 1. The first-order valence-corrected chi connectivity index (χ1v) is 10.2. The van der Waals surface area contributed by atoms with Crippen LogP contribution < -0.4 is 0 Å². The number of hydrogen-bond acceptors (Lipinski definition) is 3. The largest absolute Gasteiger partial charge is 0.388 e. The summed E-state index contributed by atoms with van der Waals surface area (Å²) in [4.78, 5) is 0. The Kier molecular flexibility index (Phi) is 7.14. The molecule has 2 aromatic rings. The van der Waals surface area contributed by atoms with E-state index < -0.39 is 25.7 Å². The molecule has 2 rings (SSSR count). The van der Waals surface area contributed by atoms with Crippen LogP contribution in [0.5, 0.6) is 0 Å². The third-order valence-electron chi connectivity index (χ3n) is 3.54. The Morgan fingerprint density at radius 2 is 1.28 bits per heavy atom. The molecule has 1 atom stereocenters. The van der Waals surface area contributed by atoms with Gasteiger partial charge in [0.25, 0.3) is 0 Å². The predicted octanol–water partition coefficient (Wildman–Crippen LogP) is 3.75. The van der Waals surface area contributed by atoms with E-state index in [1.165, 1.54) is 4.31 Å². The average molecular weight is 423 g/mol. The summed E-state index contributed by atoms with van der Waals surface area (Å²) in [6.07, 6.45) is -1.63. The van der Waals surface area contributed by atoms with Gasteiger partial charge in [-0.3, -0.25) is 0 Å². The van der Waals surface area contributed by atoms with Crippen molar-refractivity contribution in [2.24, 2.45) is 0 Å². The van der Waals surface area contributed by atoms with Gasteiger partial charge in [0.1, 0.15) is 6.10 Å². The van der Waals surface area contributed by atoms with Crippen molar-refractivity contribution < 1.29 is 13.5 Å². The standard InChI is InChI=1S/C17H18Cl3NO3S/c18-17(19,20)16(22)13-25(23,24)21(11-14-7-3-1-4-8-14)12-15-9-5-2-6-10-15/h1-10,16,22H,11-13H2. The molecule has 0 saturated heterocycles. The maximum atomic E-state index is 12.8. The van der Waals surface area contributed by atoms with E-state index in [1.54, 1.807) is 0 Å². The number of sulfonamides is 1. The minimum atomic E-state index is -3.87. The lowest BCUT2D eigenvalue weighted by Gasteiger charge is -2.26. The number of alkyl halides is 3. The molecule has 0 aliphatic heterocycles. The SMILES string of the molecule is O=S(=O)(CC(O)C(Cl)(Cl)Cl)N(Cc1ccccc1)Cc1ccccc1. The summed E-state index contributed by atoms with van der Waals surface area (Å²) in [5.74, 6) is -0.677. The number of rotatable bonds is 7. The third kappa shape index (κ3) is 6.44. The van der Waals surface area contributed by atoms with Gasteiger partial charge < -0.3 is 5.11 Å². The van der Waals surface area contributed by atoms with E-state index in [2.05, 4.69) is 0 Å². The zero-order chi connectivity index (χ0) is 18.5. The smallest absolute Gasteiger partial charge is 0.217 e. The summed E-state index contributed by atoms with van der Waals surface area (Å²) in [7, 11) is -3.87. The minimum Gasteiger partial charge on any atom is -0.388 e. The number of halogens is 3. The van der Waals surface area contributed by atoms with Crippen LogP contribution >= 0.6 is 34.8 Å². The van der Waals surface area contributed by atoms with Gasteiger partial charge in [-0.2, -0.15) is 4.31 Å². The summed E-state index contributed by atoms with van der Waals surface area (Å²) < 4.78 is 24.8. The van der Waals surface area contributed by atoms with Gasteiger partial charge in [-0.05, 0) is 11.1 Å². The fourth-order valence-corrected chi connectivity index (χ4v) is 4.28. The first kappa shape index (κ1) is 20.5. The van der Waals surface area contributed by atoms with E-state index >= 15 is 0 Å². The Labute approximate surface area is 163 Å². The Morgan fingerprint density at radius 3 is 1.64 bits per heavy atom. The van der Waals surface area contributed by atoms with E-state index in [9.17, 15) is 13.5 Å². The molecular weight excluding hydrogens is 405 g/mol. The maximum Gasteiger partial charge on any atom is 0.217 e. The molecular formula is C17H18Cl3NO3S. The summed E-state index contributed by atoms with van der Waals surface area (Å²) in [6, 6.07) is 18.4. The lowest BCUT2D eigenvalue weighted by molar-refractivity contribution is 0.199. The Bertz CT molecular complexity index is 723. The zero-order valence-corrected chi connectivity index (χ0v) is 16.3. The van der Waals surface area contributed by atoms with Gasteiger partial charge in [-0.1, -0.05) is 95.5 Å². The van der Waals surface area contributed by atoms with Crippen LogP contribution in [0.15, 0.2) is 60.7 Å². The summed E-state index contributed by atoms with van der Waals surface area (Å²) in [6.45, 7) is 0.315. The van der Waals surface area contributed by atoms with Crippen molar-refractivity contribution in [3.8, 4) is 0 Å². The van der Waals surface area contributed by atoms with Crippen LogP contribution in [0.1, 0.15) is 11.1 Å². The summed E-state index contributed by atoms with van der Waals surface area (Å²) in [5, 5.41) is 9.90. The van der Waals surface area contributed by atoms with Gasteiger partial charge in [-0.15, -0.1) is 0 Å². The molecule has 1 N–H and O–H groups in total. The average Bonchev–Trinajstić information content (AvgIpc) is 2.55. The molecule has 0 bridgehead atoms. The van der Waals surface area contributed by atoms with Crippen LogP contribution in [0.25, 0.3) is 0 Å². The molecule has 0 amide bonds. The van der Waals surface area contributed by atoms with Crippen molar-refractivity contribution in [3.05, 3.63) is 71.8 Å². The van der Waals surface area contributed by atoms with Crippen molar-refractivity contribution >= 4 is 44.8 Å². The molecule has 0 saturated carbocycles. The van der Waals surface area contributed by atoms with E-state index in [0.29, 0.717) is 0 Å². The lowest BCUT2D eigenvalue weighted by Crippen LogP contribution is -2.40. The minimum absolute atomic E-state index is 0.157. The summed E-state index contributed by atoms with van der Waals surface area (Å²) in [5.41, 5.74) is 1.65. The fraction of sp³-hybridized carbons (Fsp3) is 0.294. The zero-order valence-electron chi connectivity index (χ0n) is 13.2. The molecule has 0 radical (unpaired) electrons. The second-order valence-corrected chi connectivity index (χ2v) is 9.96. The molecule has 25 heavy (non-hydrogen) atoms. The highest BCUT2D eigenvalue weighted by Crippen LogP contribution is 2.31. The van der Waals surface area contributed by atoms with Crippen molar-refractivity contribution in [1.82, 2.24) is 4.31 Å². The molecule has 2 aromatic carbocycles. The van der Waals surface area contributed by atoms with Gasteiger partial charge in [0.2, 0.25) is 13.8 Å². The molecule has 0 fully saturated rings. The highest BCUT2D eigenvalue weighted by atomic mass is 35.6. The van der Waals surface area contributed by atoms with Crippen molar-refractivity contribution in [2.75, 3.05) is 5.75 Å². The maximum absolute atomic E-state index is 12.8. The highest BCUT2D eigenvalue weighted by molar-refractivity contribution is 7.89. The predicted molar refractivity (Wildman–Crippen MR) is 102 cm³/mol. The summed E-state index contributed by atoms with van der Waals surface area (Å²) >= 11 is 16.8. The van der Waals surface area contributed by atoms with Gasteiger partial charge in [-0.25, -0.2) is 8.42 Å². The highest BCUT2D eigenvalue weighted by Gasteiger charge is 2.36. The van der Waals surface area contributed by atoms with E-state index in [-0.39, 0.29) is 13.1 Å². The first-order chi connectivity index (χ1) is 11.7. The van der Waals surface area contributed by atoms with Crippen LogP contribution in [-0.2, 0) is 23.1 Å². The van der Waals surface area contributed by atoms with Gasteiger partial charge in [0, 0.05) is 13.1 Å². The third-order valence-corrected chi connectivity index (χ3v) is 6.08. The number of benzene rings is 2. The van der Waals surface area contributed by atoms with Gasteiger partial charge in [0.05, 0.1) is 5.75 Å². The second-order valence-electron chi connectivity index (χ2n) is 5.58. The molecule has 0 aliphatic carbocycles. The normalized spacial score (nSPS) is 13.8. The topological polar surface area (TPSA) is 57.6 Å². The van der Waals surface area contributed by atoms with Crippen molar-refractivity contribution in [3.63, 3.8) is 0 Å². The molecule has 0 aliphatic rings. The molecule has 0 spiro atoms. The van der Waals surface area contributed by atoms with Crippen LogP contribution in [-0.4, -0.2) is 33.5 Å². The van der Waals surface area contributed by atoms with Gasteiger partial charge >= 0.3 is 0 Å². The number of nitrogens with zero attached hydrogens (tertiary/aromatic N) is 1. The Balaban J connectivity index is 2.26. The first-order valence-electron chi connectivity index (χ1n) is 7.49. The Morgan fingerprint density at radius 1 is 0.880 bits per heavy atom. The van der Waals surface area contributed by atoms with Gasteiger partial charge in [0.15, 0.2) is 0 Å². The van der Waals surface area contributed by atoms with Crippen LogP contribution in [0.4, 0.5) is 0 Å². The Hall–Kier alpha value is -0.820. The van der Waals surface area contributed by atoms with E-state index in [0.717, 1.165) is 11.1 Å². The number of hydrogen-bond donors (Lipinski definition) is 1.